The normalized spacial score (nSPS) is 18.4. The third-order valence-electron chi connectivity index (χ3n) is 3.30. The Morgan fingerprint density at radius 2 is 2.05 bits per heavy atom. The molecule has 4 N–H and O–H groups in total. The number of allylic oxidation sites excluding steroid dienone is 2. The second-order valence-corrected chi connectivity index (χ2v) is 5.18. The third-order valence-corrected chi connectivity index (χ3v) is 3.30. The van der Waals surface area contributed by atoms with Crippen LogP contribution in [-0.2, 0) is 9.47 Å². The summed E-state index contributed by atoms with van der Waals surface area (Å²) >= 11 is 0. The molecule has 116 valence electrons. The van der Waals surface area contributed by atoms with Gasteiger partial charge in [-0.25, -0.2) is 0 Å². The fourth-order valence-electron chi connectivity index (χ4n) is 1.69. The lowest BCUT2D eigenvalue weighted by Gasteiger charge is -2.34. The van der Waals surface area contributed by atoms with Crippen molar-refractivity contribution in [1.29, 1.82) is 5.41 Å². The smallest absolute Gasteiger partial charge is 0.0819 e. The van der Waals surface area contributed by atoms with E-state index in [1.165, 1.54) is 6.21 Å². The first-order valence-corrected chi connectivity index (χ1v) is 6.87. The summed E-state index contributed by atoms with van der Waals surface area (Å²) in [6, 6.07) is 0.163. The number of ether oxygens (including phenoxy) is 2. The Labute approximate surface area is 122 Å². The molecule has 0 amide bonds. The molecular weight excluding hydrogens is 254 g/mol. The average Bonchev–Trinajstić information content (AvgIpc) is 2.42. The zero-order chi connectivity index (χ0) is 15.6. The standard InChI is InChI=1S/C15H29N3O2/c1-12(17)7-6-8-14(11-16)18-15(3,9-10-19-4)13(2)20-5/h8-13,16,18H,6-7,17H2,1-5H3/b10-9+,14-8+,16-11?/t12?,13?,15-/m1/s1. The van der Waals surface area contributed by atoms with Crippen molar-refractivity contribution in [3.05, 3.63) is 24.1 Å². The predicted octanol–water partition coefficient (Wildman–Crippen LogP) is 2.19. The Morgan fingerprint density at radius 3 is 2.50 bits per heavy atom. The number of methoxy groups -OCH3 is 2. The van der Waals surface area contributed by atoms with Crippen LogP contribution in [0.1, 0.15) is 33.6 Å². The summed E-state index contributed by atoms with van der Waals surface area (Å²) in [5.41, 5.74) is 6.02. The fourth-order valence-corrected chi connectivity index (χ4v) is 1.69. The lowest BCUT2D eigenvalue weighted by Crippen LogP contribution is -2.49. The highest BCUT2D eigenvalue weighted by molar-refractivity contribution is 5.75. The Hall–Kier alpha value is -1.33. The zero-order valence-corrected chi connectivity index (χ0v) is 13.3. The van der Waals surface area contributed by atoms with Gasteiger partial charge < -0.3 is 25.9 Å². The molecule has 0 bridgehead atoms. The summed E-state index contributed by atoms with van der Waals surface area (Å²) in [5, 5.41) is 10.8. The predicted molar refractivity (Wildman–Crippen MR) is 83.9 cm³/mol. The zero-order valence-electron chi connectivity index (χ0n) is 13.3. The number of nitrogens with two attached hydrogens (primary N) is 1. The number of hydrogen-bond acceptors (Lipinski definition) is 5. The number of hydrogen-bond donors (Lipinski definition) is 3. The molecule has 0 fully saturated rings. The van der Waals surface area contributed by atoms with Gasteiger partial charge in [-0.05, 0) is 39.7 Å². The molecular formula is C15H29N3O2. The molecule has 0 aliphatic heterocycles. The van der Waals surface area contributed by atoms with Crippen LogP contribution in [0.3, 0.4) is 0 Å². The van der Waals surface area contributed by atoms with E-state index in [-0.39, 0.29) is 12.1 Å². The molecule has 0 aromatic rings. The van der Waals surface area contributed by atoms with E-state index in [9.17, 15) is 0 Å². The molecule has 0 aliphatic rings. The van der Waals surface area contributed by atoms with Gasteiger partial charge in [0.15, 0.2) is 0 Å². The molecule has 20 heavy (non-hydrogen) atoms. The second-order valence-electron chi connectivity index (χ2n) is 5.18. The Balaban J connectivity index is 4.92. The van der Waals surface area contributed by atoms with E-state index in [4.69, 9.17) is 20.6 Å². The van der Waals surface area contributed by atoms with Crippen molar-refractivity contribution < 1.29 is 9.47 Å². The molecule has 5 nitrogen and oxygen atoms in total. The van der Waals surface area contributed by atoms with Gasteiger partial charge in [0.05, 0.1) is 25.0 Å². The van der Waals surface area contributed by atoms with E-state index in [0.717, 1.165) is 18.5 Å². The lowest BCUT2D eigenvalue weighted by atomic mass is 9.95. The highest BCUT2D eigenvalue weighted by Crippen LogP contribution is 2.17. The van der Waals surface area contributed by atoms with Gasteiger partial charge in [-0.2, -0.15) is 0 Å². The van der Waals surface area contributed by atoms with E-state index in [1.807, 2.05) is 32.9 Å². The first-order chi connectivity index (χ1) is 9.39. The highest BCUT2D eigenvalue weighted by atomic mass is 16.5. The van der Waals surface area contributed by atoms with Crippen LogP contribution >= 0.6 is 0 Å². The van der Waals surface area contributed by atoms with E-state index in [1.54, 1.807) is 20.5 Å². The van der Waals surface area contributed by atoms with Gasteiger partial charge in [0.2, 0.25) is 0 Å². The summed E-state index contributed by atoms with van der Waals surface area (Å²) in [5.74, 6) is 0. The molecule has 2 unspecified atom stereocenters. The third kappa shape index (κ3) is 6.73. The minimum absolute atomic E-state index is 0.0781. The van der Waals surface area contributed by atoms with E-state index in [2.05, 4.69) is 5.32 Å². The average molecular weight is 283 g/mol. The Bertz CT molecular complexity index is 340. The molecule has 0 aliphatic carbocycles. The summed E-state index contributed by atoms with van der Waals surface area (Å²) in [6.45, 7) is 5.94. The van der Waals surface area contributed by atoms with Crippen LogP contribution in [-0.4, -0.2) is 38.1 Å². The Morgan fingerprint density at radius 1 is 1.40 bits per heavy atom. The van der Waals surface area contributed by atoms with Crippen molar-refractivity contribution in [3.63, 3.8) is 0 Å². The molecule has 0 rings (SSSR count). The SMILES string of the molecule is CO/C=C/[C@@](C)(N/C(C=N)=C/CCC(C)N)C(C)OC. The van der Waals surface area contributed by atoms with Crippen molar-refractivity contribution >= 4 is 6.21 Å². The Kier molecular flexibility index (Phi) is 8.92. The fraction of sp³-hybridized carbons (Fsp3) is 0.667. The molecule has 0 saturated heterocycles. The van der Waals surface area contributed by atoms with Gasteiger partial charge in [-0.3, -0.25) is 0 Å². The molecule has 0 saturated carbocycles. The van der Waals surface area contributed by atoms with Crippen LogP contribution in [0.4, 0.5) is 0 Å². The summed E-state index contributed by atoms with van der Waals surface area (Å²) in [4.78, 5) is 0. The van der Waals surface area contributed by atoms with E-state index >= 15 is 0 Å². The lowest BCUT2D eigenvalue weighted by molar-refractivity contribution is 0.0634. The topological polar surface area (TPSA) is 80.4 Å². The first kappa shape index (κ1) is 18.7. The van der Waals surface area contributed by atoms with Crippen molar-refractivity contribution in [2.45, 2.75) is 51.3 Å². The van der Waals surface area contributed by atoms with Gasteiger partial charge in [-0.15, -0.1) is 0 Å². The molecule has 3 atom stereocenters. The summed E-state index contributed by atoms with van der Waals surface area (Å²) in [6.07, 6.45) is 8.45. The van der Waals surface area contributed by atoms with Crippen molar-refractivity contribution in [2.24, 2.45) is 5.73 Å². The minimum atomic E-state index is -0.456. The minimum Gasteiger partial charge on any atom is -0.505 e. The van der Waals surface area contributed by atoms with Crippen LogP contribution < -0.4 is 11.1 Å². The second kappa shape index (κ2) is 9.55. The highest BCUT2D eigenvalue weighted by Gasteiger charge is 2.29. The van der Waals surface area contributed by atoms with Gasteiger partial charge >= 0.3 is 0 Å². The molecule has 0 radical (unpaired) electrons. The molecule has 0 aromatic heterocycles. The molecule has 5 heteroatoms. The van der Waals surface area contributed by atoms with Gasteiger partial charge in [0.1, 0.15) is 0 Å². The molecule has 0 aromatic carbocycles. The van der Waals surface area contributed by atoms with Gasteiger partial charge in [-0.1, -0.05) is 6.08 Å². The molecule has 0 spiro atoms. The van der Waals surface area contributed by atoms with Crippen molar-refractivity contribution in [1.82, 2.24) is 5.32 Å². The van der Waals surface area contributed by atoms with Gasteiger partial charge in [0.25, 0.3) is 0 Å². The first-order valence-electron chi connectivity index (χ1n) is 6.87. The monoisotopic (exact) mass is 283 g/mol. The number of rotatable bonds is 10. The maximum absolute atomic E-state index is 7.52. The quantitative estimate of drug-likeness (QED) is 0.424. The number of nitrogens with one attached hydrogen (secondary N) is 2. The maximum Gasteiger partial charge on any atom is 0.0819 e. The van der Waals surface area contributed by atoms with Crippen LogP contribution in [0.2, 0.25) is 0 Å². The van der Waals surface area contributed by atoms with E-state index in [0.29, 0.717) is 0 Å². The largest absolute Gasteiger partial charge is 0.505 e. The van der Waals surface area contributed by atoms with Crippen LogP contribution in [0.25, 0.3) is 0 Å². The maximum atomic E-state index is 7.52. The van der Waals surface area contributed by atoms with E-state index < -0.39 is 5.54 Å². The van der Waals surface area contributed by atoms with Crippen LogP contribution in [0, 0.1) is 5.41 Å². The summed E-state index contributed by atoms with van der Waals surface area (Å²) < 4.78 is 10.4. The van der Waals surface area contributed by atoms with Gasteiger partial charge in [0, 0.05) is 25.1 Å². The van der Waals surface area contributed by atoms with Crippen molar-refractivity contribution in [3.8, 4) is 0 Å². The summed E-state index contributed by atoms with van der Waals surface area (Å²) in [7, 11) is 3.26. The van der Waals surface area contributed by atoms with Crippen LogP contribution in [0.15, 0.2) is 24.1 Å². The van der Waals surface area contributed by atoms with Crippen molar-refractivity contribution in [2.75, 3.05) is 14.2 Å². The van der Waals surface area contributed by atoms with Crippen LogP contribution in [0.5, 0.6) is 0 Å². The molecule has 0 heterocycles.